The van der Waals surface area contributed by atoms with Crippen molar-refractivity contribution >= 4 is 0 Å². The van der Waals surface area contributed by atoms with Gasteiger partial charge in [0, 0.05) is 19.6 Å². The lowest BCUT2D eigenvalue weighted by Gasteiger charge is -2.58. The van der Waals surface area contributed by atoms with Crippen LogP contribution in [-0.2, 0) is 6.54 Å². The Labute approximate surface area is 128 Å². The van der Waals surface area contributed by atoms with Crippen LogP contribution in [0.1, 0.15) is 37.7 Å². The van der Waals surface area contributed by atoms with Crippen molar-refractivity contribution in [2.24, 2.45) is 17.3 Å². The summed E-state index contributed by atoms with van der Waals surface area (Å²) in [5, 5.41) is 3.72. The Morgan fingerprint density at radius 1 is 0.952 bits per heavy atom. The molecule has 2 heteroatoms. The van der Waals surface area contributed by atoms with Crippen molar-refractivity contribution in [3.8, 4) is 0 Å². The summed E-state index contributed by atoms with van der Waals surface area (Å²) in [6, 6.07) is 11.0. The molecule has 1 aliphatic carbocycles. The maximum atomic E-state index is 3.72. The summed E-state index contributed by atoms with van der Waals surface area (Å²) in [6.07, 6.45) is 7.44. The number of nitrogens with one attached hydrogen (secondary N) is 1. The largest absolute Gasteiger partial charge is 0.316 e. The highest BCUT2D eigenvalue weighted by Gasteiger charge is 2.51. The van der Waals surface area contributed by atoms with Crippen LogP contribution in [0.3, 0.4) is 0 Å². The van der Waals surface area contributed by atoms with E-state index < -0.39 is 0 Å². The molecular weight excluding hydrogens is 256 g/mol. The van der Waals surface area contributed by atoms with Crippen LogP contribution < -0.4 is 5.32 Å². The molecule has 1 N–H and O–H groups in total. The van der Waals surface area contributed by atoms with Crippen LogP contribution in [0.15, 0.2) is 30.3 Å². The Kier molecular flexibility index (Phi) is 3.76. The van der Waals surface area contributed by atoms with Gasteiger partial charge in [0.15, 0.2) is 0 Å². The van der Waals surface area contributed by atoms with Gasteiger partial charge in [0.05, 0.1) is 0 Å². The third-order valence-corrected chi connectivity index (χ3v) is 6.40. The van der Waals surface area contributed by atoms with E-state index in [-0.39, 0.29) is 0 Å². The number of rotatable bonds is 2. The molecule has 1 aromatic rings. The van der Waals surface area contributed by atoms with E-state index in [9.17, 15) is 0 Å². The van der Waals surface area contributed by atoms with Gasteiger partial charge in [-0.05, 0) is 48.7 Å². The fourth-order valence-electron chi connectivity index (χ4n) is 5.36. The summed E-state index contributed by atoms with van der Waals surface area (Å²) >= 11 is 0. The molecule has 2 bridgehead atoms. The third kappa shape index (κ3) is 2.53. The second-order valence-electron chi connectivity index (χ2n) is 7.53. The number of hydrogen-bond acceptors (Lipinski definition) is 2. The van der Waals surface area contributed by atoms with Crippen LogP contribution in [-0.4, -0.2) is 31.1 Å². The molecule has 1 aromatic carbocycles. The standard InChI is InChI=1S/C19H28N2/c1-3-7-16(8-4-1)13-21-14-17-11-20-12-18(15-21)19(17)9-5-2-6-10-19/h1,3-4,7-8,17-18,20H,2,5-6,9-15H2. The first kappa shape index (κ1) is 13.8. The summed E-state index contributed by atoms with van der Waals surface area (Å²) in [5.74, 6) is 1.77. The Bertz CT molecular complexity index is 448. The lowest BCUT2D eigenvalue weighted by molar-refractivity contribution is -0.0751. The van der Waals surface area contributed by atoms with Gasteiger partial charge in [-0.25, -0.2) is 0 Å². The van der Waals surface area contributed by atoms with Gasteiger partial charge in [-0.15, -0.1) is 0 Å². The number of benzene rings is 1. The molecule has 2 aliphatic heterocycles. The number of likely N-dealkylation sites (tertiary alicyclic amines) is 1. The smallest absolute Gasteiger partial charge is 0.0233 e. The zero-order chi connectivity index (χ0) is 14.1. The highest BCUT2D eigenvalue weighted by molar-refractivity contribution is 5.15. The molecule has 1 saturated carbocycles. The van der Waals surface area contributed by atoms with Crippen LogP contribution in [0.2, 0.25) is 0 Å². The molecule has 3 aliphatic rings. The van der Waals surface area contributed by atoms with E-state index in [2.05, 4.69) is 40.5 Å². The van der Waals surface area contributed by atoms with Crippen molar-refractivity contribution in [3.05, 3.63) is 35.9 Å². The van der Waals surface area contributed by atoms with E-state index in [1.54, 1.807) is 0 Å². The van der Waals surface area contributed by atoms with Gasteiger partial charge in [0.25, 0.3) is 0 Å². The maximum absolute atomic E-state index is 3.72. The summed E-state index contributed by atoms with van der Waals surface area (Å²) in [5.41, 5.74) is 2.17. The van der Waals surface area contributed by atoms with Gasteiger partial charge in [-0.3, -0.25) is 4.90 Å². The second-order valence-corrected chi connectivity index (χ2v) is 7.53. The fourth-order valence-corrected chi connectivity index (χ4v) is 5.36. The molecule has 2 saturated heterocycles. The molecule has 0 radical (unpaired) electrons. The van der Waals surface area contributed by atoms with Crippen LogP contribution in [0.5, 0.6) is 0 Å². The molecule has 2 heterocycles. The van der Waals surface area contributed by atoms with Crippen LogP contribution in [0.4, 0.5) is 0 Å². The van der Waals surface area contributed by atoms with Crippen molar-refractivity contribution in [1.82, 2.24) is 10.2 Å². The molecular formula is C19H28N2. The predicted molar refractivity (Wildman–Crippen MR) is 87.1 cm³/mol. The first-order valence-corrected chi connectivity index (χ1v) is 8.84. The highest BCUT2D eigenvalue weighted by atomic mass is 15.2. The van der Waals surface area contributed by atoms with Crippen LogP contribution in [0.25, 0.3) is 0 Å². The van der Waals surface area contributed by atoms with Crippen molar-refractivity contribution in [2.45, 2.75) is 38.6 Å². The summed E-state index contributed by atoms with van der Waals surface area (Å²) < 4.78 is 0. The average molecular weight is 284 g/mol. The first-order valence-electron chi connectivity index (χ1n) is 8.84. The minimum Gasteiger partial charge on any atom is -0.316 e. The van der Waals surface area contributed by atoms with Crippen molar-refractivity contribution in [3.63, 3.8) is 0 Å². The van der Waals surface area contributed by atoms with E-state index in [1.807, 2.05) is 0 Å². The van der Waals surface area contributed by atoms with Gasteiger partial charge in [-0.2, -0.15) is 0 Å². The number of hydrogen-bond donors (Lipinski definition) is 1. The van der Waals surface area contributed by atoms with E-state index in [1.165, 1.54) is 63.8 Å². The van der Waals surface area contributed by atoms with Gasteiger partial charge in [-0.1, -0.05) is 49.6 Å². The highest BCUT2D eigenvalue weighted by Crippen LogP contribution is 2.52. The molecule has 3 fully saturated rings. The average Bonchev–Trinajstić information content (AvgIpc) is 2.50. The molecule has 2 unspecified atom stereocenters. The topological polar surface area (TPSA) is 15.3 Å². The van der Waals surface area contributed by atoms with Crippen LogP contribution in [0, 0.1) is 17.3 Å². The van der Waals surface area contributed by atoms with Gasteiger partial charge in [0.2, 0.25) is 0 Å². The van der Waals surface area contributed by atoms with E-state index in [4.69, 9.17) is 0 Å². The number of piperidine rings is 2. The Hall–Kier alpha value is -0.860. The Morgan fingerprint density at radius 2 is 1.62 bits per heavy atom. The monoisotopic (exact) mass is 284 g/mol. The quantitative estimate of drug-likeness (QED) is 0.896. The summed E-state index contributed by atoms with van der Waals surface area (Å²) in [7, 11) is 0. The first-order chi connectivity index (χ1) is 10.4. The molecule has 4 rings (SSSR count). The zero-order valence-electron chi connectivity index (χ0n) is 13.1. The molecule has 0 amide bonds. The van der Waals surface area contributed by atoms with Crippen molar-refractivity contribution < 1.29 is 0 Å². The van der Waals surface area contributed by atoms with Crippen LogP contribution >= 0.6 is 0 Å². The fraction of sp³-hybridized carbons (Fsp3) is 0.684. The van der Waals surface area contributed by atoms with Crippen molar-refractivity contribution in [1.29, 1.82) is 0 Å². The second kappa shape index (κ2) is 5.73. The van der Waals surface area contributed by atoms with Gasteiger partial charge in [0.1, 0.15) is 0 Å². The van der Waals surface area contributed by atoms with Gasteiger partial charge >= 0.3 is 0 Å². The van der Waals surface area contributed by atoms with E-state index in [0.29, 0.717) is 5.41 Å². The summed E-state index contributed by atoms with van der Waals surface area (Å²) in [4.78, 5) is 2.73. The Balaban J connectivity index is 1.50. The predicted octanol–water partition coefficient (Wildman–Crippen LogP) is 3.29. The summed E-state index contributed by atoms with van der Waals surface area (Å²) in [6.45, 7) is 6.25. The van der Waals surface area contributed by atoms with Gasteiger partial charge < -0.3 is 5.32 Å². The normalized spacial score (nSPS) is 32.2. The lowest BCUT2D eigenvalue weighted by atomic mass is 9.55. The lowest BCUT2D eigenvalue weighted by Crippen LogP contribution is -2.62. The Morgan fingerprint density at radius 3 is 2.29 bits per heavy atom. The third-order valence-electron chi connectivity index (χ3n) is 6.40. The van der Waals surface area contributed by atoms with E-state index in [0.717, 1.165) is 18.4 Å². The molecule has 1 spiro atoms. The maximum Gasteiger partial charge on any atom is 0.0233 e. The molecule has 2 atom stereocenters. The molecule has 2 nitrogen and oxygen atoms in total. The van der Waals surface area contributed by atoms with Crippen molar-refractivity contribution in [2.75, 3.05) is 26.2 Å². The molecule has 21 heavy (non-hydrogen) atoms. The molecule has 114 valence electrons. The zero-order valence-corrected chi connectivity index (χ0v) is 13.1. The minimum absolute atomic E-state index is 0.691. The minimum atomic E-state index is 0.691. The molecule has 0 aromatic heterocycles. The van der Waals surface area contributed by atoms with E-state index >= 15 is 0 Å². The number of nitrogens with zero attached hydrogens (tertiary/aromatic N) is 1. The SMILES string of the molecule is c1ccc(CN2CC3CNCC(C2)C32CCCCC2)cc1.